The van der Waals surface area contributed by atoms with Crippen molar-refractivity contribution in [1.82, 2.24) is 0 Å². The Kier molecular flexibility index (Phi) is 16.5. The minimum Gasteiger partial charge on any atom is -0.0776 e. The van der Waals surface area contributed by atoms with Crippen LogP contribution in [0.15, 0.2) is 84.9 Å². The molecule has 25 heavy (non-hydrogen) atoms. The summed E-state index contributed by atoms with van der Waals surface area (Å²) in [4.78, 5) is 0. The van der Waals surface area contributed by atoms with Crippen LogP contribution in [0.2, 0.25) is 0 Å². The quantitative estimate of drug-likeness (QED) is 0.439. The molecule has 0 saturated carbocycles. The molecular weight excluding hydrogens is 300 g/mol. The van der Waals surface area contributed by atoms with Gasteiger partial charge in [0.15, 0.2) is 0 Å². The predicted octanol–water partition coefficient (Wildman–Crippen LogP) is 8.74. The van der Waals surface area contributed by atoms with Gasteiger partial charge in [0, 0.05) is 0 Å². The van der Waals surface area contributed by atoms with Crippen molar-refractivity contribution in [2.24, 2.45) is 0 Å². The van der Waals surface area contributed by atoms with Crippen LogP contribution in [0, 0.1) is 0 Å². The Morgan fingerprint density at radius 3 is 0.760 bits per heavy atom. The van der Waals surface area contributed by atoms with E-state index in [4.69, 9.17) is 0 Å². The van der Waals surface area contributed by atoms with Crippen LogP contribution in [0.3, 0.4) is 0 Å². The van der Waals surface area contributed by atoms with Gasteiger partial charge in [-0.3, -0.25) is 0 Å². The summed E-state index contributed by atoms with van der Waals surface area (Å²) in [5.74, 6) is 0. The zero-order valence-electron chi connectivity index (χ0n) is 16.1. The number of hydrogen-bond donors (Lipinski definition) is 0. The van der Waals surface area contributed by atoms with Gasteiger partial charge in [-0.05, 0) is 22.3 Å². The lowest BCUT2D eigenvalue weighted by Crippen LogP contribution is -1.79. The topological polar surface area (TPSA) is 0 Å². The zero-order valence-corrected chi connectivity index (χ0v) is 16.1. The molecule has 0 heterocycles. The minimum absolute atomic E-state index is 0. The van der Waals surface area contributed by atoms with E-state index in [0.717, 1.165) is 0 Å². The largest absolute Gasteiger partial charge is 0.0776 e. The average Bonchev–Trinajstić information content (AvgIpc) is 2.74. The van der Waals surface area contributed by atoms with Crippen LogP contribution in [-0.4, -0.2) is 0 Å². The van der Waals surface area contributed by atoms with Crippen molar-refractivity contribution < 1.29 is 0 Å². The van der Waals surface area contributed by atoms with Gasteiger partial charge in [0.25, 0.3) is 0 Å². The summed E-state index contributed by atoms with van der Waals surface area (Å²) < 4.78 is 0. The summed E-state index contributed by atoms with van der Waals surface area (Å²) >= 11 is 0. The second kappa shape index (κ2) is 16.5. The number of hydrogen-bond acceptors (Lipinski definition) is 0. The summed E-state index contributed by atoms with van der Waals surface area (Å²) in [6.07, 6.45) is 0. The first kappa shape index (κ1) is 24.9. The van der Waals surface area contributed by atoms with Gasteiger partial charge in [0.05, 0.1) is 0 Å². The van der Waals surface area contributed by atoms with E-state index in [9.17, 15) is 0 Å². The molecule has 3 rings (SSSR count). The van der Waals surface area contributed by atoms with Gasteiger partial charge in [0.2, 0.25) is 0 Å². The Balaban J connectivity index is 0. The second-order valence-electron chi connectivity index (χ2n) is 4.31. The van der Waals surface area contributed by atoms with Crippen molar-refractivity contribution in [3.8, 4) is 22.3 Å². The molecule has 0 aliphatic carbocycles. The number of rotatable bonds is 2. The van der Waals surface area contributed by atoms with Crippen LogP contribution in [-0.2, 0) is 0 Å². The third-order valence-electron chi connectivity index (χ3n) is 3.10. The highest BCUT2D eigenvalue weighted by Gasteiger charge is 1.98. The first-order valence-corrected chi connectivity index (χ1v) is 9.14. The molecule has 0 nitrogen and oxygen atoms in total. The summed E-state index contributed by atoms with van der Waals surface area (Å²) in [5.41, 5.74) is 5.04. The van der Waals surface area contributed by atoms with E-state index in [1.807, 2.05) is 53.7 Å². The fraction of sp³-hybridized carbons (Fsp3) is 0.280. The van der Waals surface area contributed by atoms with Crippen LogP contribution in [0.4, 0.5) is 0 Å². The predicted molar refractivity (Wildman–Crippen MR) is 118 cm³/mol. The molecule has 136 valence electrons. The molecule has 0 bridgehead atoms. The molecule has 0 unspecified atom stereocenters. The first-order valence-electron chi connectivity index (χ1n) is 9.14. The standard InChI is InChI=1S/C18H14.3C2H6.CH4/c1-3-7-15(8-4-1)17-11-13-18(14-12-17)16-9-5-2-6-10-16;3*1-2;/h1-14H;3*1-2H3;1H4. The lowest BCUT2D eigenvalue weighted by Gasteiger charge is -2.04. The van der Waals surface area contributed by atoms with Crippen molar-refractivity contribution in [1.29, 1.82) is 0 Å². The Morgan fingerprint density at radius 1 is 0.320 bits per heavy atom. The summed E-state index contributed by atoms with van der Waals surface area (Å²) in [6.45, 7) is 12.0. The van der Waals surface area contributed by atoms with Crippen LogP contribution >= 0.6 is 0 Å². The molecule has 0 aliphatic heterocycles. The van der Waals surface area contributed by atoms with Crippen molar-refractivity contribution in [3.63, 3.8) is 0 Å². The first-order chi connectivity index (χ1) is 11.9. The minimum atomic E-state index is 0. The maximum atomic E-state index is 2.18. The molecule has 3 aromatic rings. The van der Waals surface area contributed by atoms with Gasteiger partial charge in [-0.25, -0.2) is 0 Å². The molecule has 0 atom stereocenters. The van der Waals surface area contributed by atoms with Crippen molar-refractivity contribution >= 4 is 0 Å². The Bertz CT molecular complexity index is 549. The van der Waals surface area contributed by atoms with E-state index in [1.165, 1.54) is 22.3 Å². The molecule has 0 N–H and O–H groups in total. The fourth-order valence-corrected chi connectivity index (χ4v) is 2.12. The highest BCUT2D eigenvalue weighted by atomic mass is 14.0. The SMILES string of the molecule is C.CC.CC.CC.c1ccc(-c2ccc(-c3ccccc3)cc2)cc1. The third-order valence-corrected chi connectivity index (χ3v) is 3.10. The van der Waals surface area contributed by atoms with E-state index >= 15 is 0 Å². The van der Waals surface area contributed by atoms with Crippen LogP contribution in [0.1, 0.15) is 49.0 Å². The third kappa shape index (κ3) is 8.35. The molecule has 0 aliphatic rings. The zero-order chi connectivity index (χ0) is 18.2. The van der Waals surface area contributed by atoms with Gasteiger partial charge in [-0.2, -0.15) is 0 Å². The van der Waals surface area contributed by atoms with E-state index in [0.29, 0.717) is 0 Å². The van der Waals surface area contributed by atoms with Gasteiger partial charge in [-0.1, -0.05) is 134 Å². The smallest absolute Gasteiger partial charge is 0.0184 e. The Labute approximate surface area is 156 Å². The summed E-state index contributed by atoms with van der Waals surface area (Å²) in [6, 6.07) is 29.6. The van der Waals surface area contributed by atoms with E-state index in [1.54, 1.807) is 0 Å². The lowest BCUT2D eigenvalue weighted by molar-refractivity contribution is 1.50. The normalized spacial score (nSPS) is 8.08. The second-order valence-corrected chi connectivity index (χ2v) is 4.31. The van der Waals surface area contributed by atoms with E-state index in [-0.39, 0.29) is 7.43 Å². The number of benzene rings is 3. The molecule has 3 aromatic carbocycles. The monoisotopic (exact) mass is 336 g/mol. The van der Waals surface area contributed by atoms with Gasteiger partial charge in [-0.15, -0.1) is 0 Å². The molecule has 0 fully saturated rings. The fourth-order valence-electron chi connectivity index (χ4n) is 2.12. The maximum absolute atomic E-state index is 2.18. The molecule has 0 aromatic heterocycles. The lowest BCUT2D eigenvalue weighted by atomic mass is 10.0. The van der Waals surface area contributed by atoms with Crippen LogP contribution in [0.25, 0.3) is 22.3 Å². The highest BCUT2D eigenvalue weighted by molar-refractivity contribution is 5.70. The molecule has 0 spiro atoms. The maximum Gasteiger partial charge on any atom is -0.0184 e. The Morgan fingerprint density at radius 2 is 0.520 bits per heavy atom. The van der Waals surface area contributed by atoms with Gasteiger partial charge < -0.3 is 0 Å². The van der Waals surface area contributed by atoms with Gasteiger partial charge in [0.1, 0.15) is 0 Å². The van der Waals surface area contributed by atoms with Crippen LogP contribution in [0.5, 0.6) is 0 Å². The summed E-state index contributed by atoms with van der Waals surface area (Å²) in [5, 5.41) is 0. The van der Waals surface area contributed by atoms with Crippen molar-refractivity contribution in [3.05, 3.63) is 84.9 Å². The molecular formula is C25H36. The van der Waals surface area contributed by atoms with Gasteiger partial charge >= 0.3 is 0 Å². The summed E-state index contributed by atoms with van der Waals surface area (Å²) in [7, 11) is 0. The van der Waals surface area contributed by atoms with Crippen molar-refractivity contribution in [2.45, 2.75) is 49.0 Å². The highest BCUT2D eigenvalue weighted by Crippen LogP contribution is 2.24. The molecule has 0 radical (unpaired) electrons. The molecule has 0 amide bonds. The molecule has 0 heteroatoms. The average molecular weight is 337 g/mol. The van der Waals surface area contributed by atoms with Crippen molar-refractivity contribution in [2.75, 3.05) is 0 Å². The van der Waals surface area contributed by atoms with E-state index < -0.39 is 0 Å². The van der Waals surface area contributed by atoms with Crippen LogP contribution < -0.4 is 0 Å². The Hall–Kier alpha value is -2.34. The van der Waals surface area contributed by atoms with E-state index in [2.05, 4.69) is 72.8 Å². The molecule has 0 saturated heterocycles.